The molecule has 0 atom stereocenters. The van der Waals surface area contributed by atoms with E-state index >= 15 is 0 Å². The van der Waals surface area contributed by atoms with Crippen molar-refractivity contribution in [3.8, 4) is 11.3 Å². The van der Waals surface area contributed by atoms with Gasteiger partial charge in [0, 0.05) is 37.6 Å². The summed E-state index contributed by atoms with van der Waals surface area (Å²) in [5.74, 6) is 0.205. The zero-order valence-corrected chi connectivity index (χ0v) is 15.3. The lowest BCUT2D eigenvalue weighted by Gasteiger charge is -2.06. The van der Waals surface area contributed by atoms with E-state index in [4.69, 9.17) is 4.52 Å². The van der Waals surface area contributed by atoms with Crippen LogP contribution in [0, 0.1) is 6.92 Å². The predicted molar refractivity (Wildman–Crippen MR) is 99.2 cm³/mol. The summed E-state index contributed by atoms with van der Waals surface area (Å²) >= 11 is 0. The number of nitrogens with one attached hydrogen (secondary N) is 1. The quantitative estimate of drug-likeness (QED) is 0.583. The first-order valence-electron chi connectivity index (χ1n) is 8.66. The summed E-state index contributed by atoms with van der Waals surface area (Å²) in [7, 11) is 1.82. The maximum Gasteiger partial charge on any atom is 0.259 e. The van der Waals surface area contributed by atoms with Gasteiger partial charge in [-0.2, -0.15) is 10.2 Å². The highest BCUT2D eigenvalue weighted by atomic mass is 16.5. The van der Waals surface area contributed by atoms with Gasteiger partial charge in [-0.15, -0.1) is 0 Å². The second-order valence-corrected chi connectivity index (χ2v) is 6.32. The minimum atomic E-state index is -0.291. The van der Waals surface area contributed by atoms with Gasteiger partial charge in [-0.3, -0.25) is 14.2 Å². The van der Waals surface area contributed by atoms with E-state index in [2.05, 4.69) is 32.6 Å². The Kier molecular flexibility index (Phi) is 4.19. The van der Waals surface area contributed by atoms with Gasteiger partial charge >= 0.3 is 0 Å². The fourth-order valence-electron chi connectivity index (χ4n) is 2.94. The third-order valence-corrected chi connectivity index (χ3v) is 4.20. The molecule has 9 nitrogen and oxygen atoms in total. The van der Waals surface area contributed by atoms with Crippen LogP contribution >= 0.6 is 0 Å². The van der Waals surface area contributed by atoms with E-state index in [0.29, 0.717) is 33.9 Å². The van der Waals surface area contributed by atoms with Crippen molar-refractivity contribution in [3.63, 3.8) is 0 Å². The molecule has 4 aromatic rings. The van der Waals surface area contributed by atoms with Gasteiger partial charge in [-0.05, 0) is 19.4 Å². The molecular formula is C18H19N7O2. The fourth-order valence-corrected chi connectivity index (χ4v) is 2.94. The highest BCUT2D eigenvalue weighted by Crippen LogP contribution is 2.27. The standard InChI is InChI=1S/C18H19N7O2/c1-4-6-25-7-5-15(22-25)21-17(26)13-8-14(12-9-19-24(3)10-12)20-18-16(13)11(2)23-27-18/h5,7-10H,4,6H2,1-3H3,(H,21,22,26). The summed E-state index contributed by atoms with van der Waals surface area (Å²) in [6, 6.07) is 3.50. The fraction of sp³-hybridized carbons (Fsp3) is 0.278. The van der Waals surface area contributed by atoms with E-state index in [1.54, 1.807) is 34.6 Å². The van der Waals surface area contributed by atoms with Crippen molar-refractivity contribution in [1.82, 2.24) is 29.7 Å². The number of aryl methyl sites for hydroxylation is 3. The molecule has 1 N–H and O–H groups in total. The lowest BCUT2D eigenvalue weighted by molar-refractivity contribution is 0.102. The van der Waals surface area contributed by atoms with Crippen molar-refractivity contribution >= 4 is 22.8 Å². The molecule has 4 rings (SSSR count). The van der Waals surface area contributed by atoms with Crippen molar-refractivity contribution in [3.05, 3.63) is 42.0 Å². The van der Waals surface area contributed by atoms with E-state index in [9.17, 15) is 4.79 Å². The van der Waals surface area contributed by atoms with Crippen molar-refractivity contribution in [1.29, 1.82) is 0 Å². The second-order valence-electron chi connectivity index (χ2n) is 6.32. The van der Waals surface area contributed by atoms with Crippen LogP contribution in [0.3, 0.4) is 0 Å². The lowest BCUT2D eigenvalue weighted by atomic mass is 10.1. The number of anilines is 1. The van der Waals surface area contributed by atoms with Gasteiger partial charge in [0.1, 0.15) is 0 Å². The third kappa shape index (κ3) is 3.19. The molecule has 0 unspecified atom stereocenters. The number of hydrogen-bond acceptors (Lipinski definition) is 6. The van der Waals surface area contributed by atoms with E-state index in [0.717, 1.165) is 18.5 Å². The molecule has 4 aromatic heterocycles. The number of carbonyl (C=O) groups excluding carboxylic acids is 1. The largest absolute Gasteiger partial charge is 0.335 e. The van der Waals surface area contributed by atoms with Crippen molar-refractivity contribution < 1.29 is 9.32 Å². The van der Waals surface area contributed by atoms with Crippen molar-refractivity contribution in [2.24, 2.45) is 7.05 Å². The van der Waals surface area contributed by atoms with E-state index in [-0.39, 0.29) is 5.91 Å². The number of nitrogens with zero attached hydrogens (tertiary/aromatic N) is 6. The predicted octanol–water partition coefficient (Wildman–Crippen LogP) is 2.79. The Bertz CT molecular complexity index is 1120. The second kappa shape index (κ2) is 6.67. The molecule has 0 fully saturated rings. The Balaban J connectivity index is 1.74. The molecule has 0 aliphatic rings. The van der Waals surface area contributed by atoms with Crippen LogP contribution in [-0.4, -0.2) is 35.6 Å². The van der Waals surface area contributed by atoms with Gasteiger partial charge in [0.15, 0.2) is 5.82 Å². The molecule has 0 bridgehead atoms. The molecule has 4 heterocycles. The number of fused-ring (bicyclic) bond motifs is 1. The number of carbonyl (C=O) groups is 1. The van der Waals surface area contributed by atoms with E-state index < -0.39 is 0 Å². The van der Waals surface area contributed by atoms with Gasteiger partial charge in [0.05, 0.1) is 28.5 Å². The Labute approximate surface area is 155 Å². The first-order chi connectivity index (χ1) is 13.0. The minimum absolute atomic E-state index is 0.291. The first kappa shape index (κ1) is 17.0. The van der Waals surface area contributed by atoms with Crippen LogP contribution in [-0.2, 0) is 13.6 Å². The molecule has 9 heteroatoms. The SMILES string of the molecule is CCCn1ccc(NC(=O)c2cc(-c3cnn(C)c3)nc3onc(C)c23)n1. The average molecular weight is 365 g/mol. The molecule has 0 spiro atoms. The van der Waals surface area contributed by atoms with Crippen molar-refractivity contribution in [2.75, 3.05) is 5.32 Å². The molecule has 0 aromatic carbocycles. The Morgan fingerprint density at radius 2 is 2.22 bits per heavy atom. The molecule has 0 saturated carbocycles. The van der Waals surface area contributed by atoms with Crippen LogP contribution in [0.25, 0.3) is 22.4 Å². The number of aromatic nitrogens is 6. The summed E-state index contributed by atoms with van der Waals surface area (Å²) in [4.78, 5) is 17.4. The smallest absolute Gasteiger partial charge is 0.259 e. The molecule has 0 saturated heterocycles. The summed E-state index contributed by atoms with van der Waals surface area (Å²) in [6.07, 6.45) is 6.32. The first-order valence-corrected chi connectivity index (χ1v) is 8.66. The van der Waals surface area contributed by atoms with Gasteiger partial charge in [0.2, 0.25) is 0 Å². The van der Waals surface area contributed by atoms with Crippen LogP contribution in [0.2, 0.25) is 0 Å². The Morgan fingerprint density at radius 3 is 2.96 bits per heavy atom. The van der Waals surface area contributed by atoms with Gasteiger partial charge in [-0.1, -0.05) is 12.1 Å². The zero-order chi connectivity index (χ0) is 19.0. The maximum absolute atomic E-state index is 13.0. The highest BCUT2D eigenvalue weighted by Gasteiger charge is 2.20. The highest BCUT2D eigenvalue weighted by molar-refractivity contribution is 6.12. The third-order valence-electron chi connectivity index (χ3n) is 4.20. The summed E-state index contributed by atoms with van der Waals surface area (Å²) < 4.78 is 8.78. The van der Waals surface area contributed by atoms with E-state index in [1.807, 2.05) is 19.4 Å². The topological polar surface area (TPSA) is 104 Å². The number of hydrogen-bond donors (Lipinski definition) is 1. The number of pyridine rings is 1. The molecule has 0 aliphatic carbocycles. The maximum atomic E-state index is 13.0. The molecule has 0 radical (unpaired) electrons. The molecule has 0 aliphatic heterocycles. The lowest BCUT2D eigenvalue weighted by Crippen LogP contribution is -2.14. The zero-order valence-electron chi connectivity index (χ0n) is 15.3. The number of rotatable bonds is 5. The molecule has 138 valence electrons. The monoisotopic (exact) mass is 365 g/mol. The average Bonchev–Trinajstić information content (AvgIpc) is 3.36. The normalized spacial score (nSPS) is 11.2. The van der Waals surface area contributed by atoms with Crippen LogP contribution in [0.15, 0.2) is 35.2 Å². The van der Waals surface area contributed by atoms with Gasteiger partial charge in [-0.25, -0.2) is 4.98 Å². The number of amides is 1. The molecule has 1 amide bonds. The van der Waals surface area contributed by atoms with Crippen LogP contribution in [0.4, 0.5) is 5.82 Å². The minimum Gasteiger partial charge on any atom is -0.335 e. The summed E-state index contributed by atoms with van der Waals surface area (Å²) in [5, 5.41) is 15.9. The van der Waals surface area contributed by atoms with Crippen molar-refractivity contribution in [2.45, 2.75) is 26.8 Å². The van der Waals surface area contributed by atoms with Crippen LogP contribution in [0.5, 0.6) is 0 Å². The van der Waals surface area contributed by atoms with Crippen LogP contribution < -0.4 is 5.32 Å². The van der Waals surface area contributed by atoms with Gasteiger partial charge in [0.25, 0.3) is 11.6 Å². The Hall–Kier alpha value is -3.49. The molecular weight excluding hydrogens is 346 g/mol. The molecule has 27 heavy (non-hydrogen) atoms. The Morgan fingerprint density at radius 1 is 1.37 bits per heavy atom. The summed E-state index contributed by atoms with van der Waals surface area (Å²) in [5.41, 5.74) is 2.73. The van der Waals surface area contributed by atoms with Crippen LogP contribution in [0.1, 0.15) is 29.4 Å². The summed E-state index contributed by atoms with van der Waals surface area (Å²) in [6.45, 7) is 4.65. The van der Waals surface area contributed by atoms with E-state index in [1.165, 1.54) is 0 Å². The van der Waals surface area contributed by atoms with Gasteiger partial charge < -0.3 is 9.84 Å².